The monoisotopic (exact) mass is 242 g/mol. The van der Waals surface area contributed by atoms with Gasteiger partial charge in [0, 0.05) is 22.8 Å². The Balaban J connectivity index is 4.27. The molecular formula is C7H14O5S2. The number of hydrogen-bond donors (Lipinski definition) is 1. The maximum absolute atomic E-state index is 11.3. The summed E-state index contributed by atoms with van der Waals surface area (Å²) in [6, 6.07) is 0. The third-order valence-corrected chi connectivity index (χ3v) is 4.60. The molecular weight excluding hydrogens is 228 g/mol. The van der Waals surface area contributed by atoms with Gasteiger partial charge in [0.05, 0.1) is 5.75 Å². The van der Waals surface area contributed by atoms with Gasteiger partial charge in [0.15, 0.2) is 0 Å². The molecule has 0 aromatic rings. The third kappa shape index (κ3) is 5.33. The van der Waals surface area contributed by atoms with Gasteiger partial charge in [-0.1, -0.05) is 6.92 Å². The highest BCUT2D eigenvalue weighted by Gasteiger charge is 2.23. The molecule has 0 aliphatic heterocycles. The molecule has 0 amide bonds. The first kappa shape index (κ1) is 13.6. The van der Waals surface area contributed by atoms with Gasteiger partial charge in [-0.15, -0.1) is 0 Å². The molecule has 2 atom stereocenters. The molecule has 1 N–H and O–H groups in total. The number of carbonyl (C=O) groups is 1. The van der Waals surface area contributed by atoms with Crippen molar-refractivity contribution in [3.8, 4) is 0 Å². The van der Waals surface area contributed by atoms with E-state index in [9.17, 15) is 17.4 Å². The van der Waals surface area contributed by atoms with Crippen LogP contribution in [0.3, 0.4) is 0 Å². The van der Waals surface area contributed by atoms with Crippen LogP contribution in [0, 0.1) is 0 Å². The van der Waals surface area contributed by atoms with E-state index in [4.69, 9.17) is 5.11 Å². The number of carboxylic acids is 1. The maximum atomic E-state index is 11.3. The summed E-state index contributed by atoms with van der Waals surface area (Å²) < 4.78 is 32.8. The fourth-order valence-electron chi connectivity index (χ4n) is 0.849. The van der Waals surface area contributed by atoms with Crippen LogP contribution in [0.4, 0.5) is 0 Å². The maximum Gasteiger partial charge on any atom is 0.319 e. The lowest BCUT2D eigenvalue weighted by Gasteiger charge is -2.08. The van der Waals surface area contributed by atoms with Gasteiger partial charge in [-0.25, -0.2) is 8.42 Å². The van der Waals surface area contributed by atoms with Crippen molar-refractivity contribution in [3.63, 3.8) is 0 Å². The van der Waals surface area contributed by atoms with Crippen LogP contribution < -0.4 is 0 Å². The molecule has 0 aliphatic rings. The van der Waals surface area contributed by atoms with E-state index in [0.717, 1.165) is 6.26 Å². The number of hydrogen-bond acceptors (Lipinski definition) is 4. The SMILES string of the molecule is CCC(C(=O)O)S(=O)CCS(C)(=O)=O. The van der Waals surface area contributed by atoms with Gasteiger partial charge in [-0.05, 0) is 6.42 Å². The summed E-state index contributed by atoms with van der Waals surface area (Å²) in [6.45, 7) is 1.61. The Hall–Kier alpha value is -0.430. The first-order valence-corrected chi connectivity index (χ1v) is 7.50. The van der Waals surface area contributed by atoms with Crippen molar-refractivity contribution >= 4 is 26.6 Å². The molecule has 0 spiro atoms. The molecule has 14 heavy (non-hydrogen) atoms. The number of carboxylic acid groups (broad SMARTS) is 1. The fourth-order valence-corrected chi connectivity index (χ4v) is 3.60. The molecule has 5 nitrogen and oxygen atoms in total. The zero-order chi connectivity index (χ0) is 11.4. The van der Waals surface area contributed by atoms with Crippen LogP contribution in [0.5, 0.6) is 0 Å². The largest absolute Gasteiger partial charge is 0.480 e. The number of rotatable bonds is 6. The quantitative estimate of drug-likeness (QED) is 0.687. The number of aliphatic carboxylic acids is 1. The Morgan fingerprint density at radius 1 is 1.50 bits per heavy atom. The Morgan fingerprint density at radius 2 is 2.00 bits per heavy atom. The van der Waals surface area contributed by atoms with E-state index in [-0.39, 0.29) is 17.9 Å². The minimum Gasteiger partial charge on any atom is -0.480 e. The highest BCUT2D eigenvalue weighted by Crippen LogP contribution is 2.03. The molecule has 0 aliphatic carbocycles. The lowest BCUT2D eigenvalue weighted by atomic mass is 10.3. The highest BCUT2D eigenvalue weighted by molar-refractivity contribution is 7.92. The third-order valence-electron chi connectivity index (χ3n) is 1.62. The topological polar surface area (TPSA) is 88.5 Å². The van der Waals surface area contributed by atoms with Gasteiger partial charge in [-0.3, -0.25) is 9.00 Å². The van der Waals surface area contributed by atoms with E-state index >= 15 is 0 Å². The molecule has 0 bridgehead atoms. The van der Waals surface area contributed by atoms with Gasteiger partial charge in [-0.2, -0.15) is 0 Å². The summed E-state index contributed by atoms with van der Waals surface area (Å²) in [6.07, 6.45) is 1.28. The van der Waals surface area contributed by atoms with Crippen LogP contribution in [0.2, 0.25) is 0 Å². The van der Waals surface area contributed by atoms with Crippen molar-refractivity contribution in [1.82, 2.24) is 0 Å². The second-order valence-electron chi connectivity index (χ2n) is 2.95. The Bertz CT molecular complexity index is 319. The molecule has 84 valence electrons. The summed E-state index contributed by atoms with van der Waals surface area (Å²) in [4.78, 5) is 10.6. The predicted molar refractivity (Wildman–Crippen MR) is 54.4 cm³/mol. The summed E-state index contributed by atoms with van der Waals surface area (Å²) in [7, 11) is -4.79. The van der Waals surface area contributed by atoms with Crippen molar-refractivity contribution in [2.75, 3.05) is 17.8 Å². The molecule has 0 fully saturated rings. The Kier molecular flexibility index (Phi) is 5.28. The van der Waals surface area contributed by atoms with Crippen LogP contribution in [0.25, 0.3) is 0 Å². The summed E-state index contributed by atoms with van der Waals surface area (Å²) in [5.41, 5.74) is 0. The first-order chi connectivity index (χ1) is 6.28. The molecule has 0 saturated carbocycles. The zero-order valence-corrected chi connectivity index (χ0v) is 9.73. The zero-order valence-electron chi connectivity index (χ0n) is 8.10. The lowest BCUT2D eigenvalue weighted by Crippen LogP contribution is -2.28. The van der Waals surface area contributed by atoms with Gasteiger partial charge in [0.2, 0.25) is 0 Å². The van der Waals surface area contributed by atoms with E-state index in [2.05, 4.69) is 0 Å². The van der Waals surface area contributed by atoms with Crippen LogP contribution in [0.15, 0.2) is 0 Å². The lowest BCUT2D eigenvalue weighted by molar-refractivity contribution is -0.136. The highest BCUT2D eigenvalue weighted by atomic mass is 32.2. The van der Waals surface area contributed by atoms with Crippen molar-refractivity contribution in [2.45, 2.75) is 18.6 Å². The van der Waals surface area contributed by atoms with Crippen LogP contribution in [-0.2, 0) is 25.4 Å². The average molecular weight is 242 g/mol. The molecule has 0 saturated heterocycles. The van der Waals surface area contributed by atoms with Crippen LogP contribution >= 0.6 is 0 Å². The van der Waals surface area contributed by atoms with E-state index in [1.165, 1.54) is 0 Å². The van der Waals surface area contributed by atoms with E-state index in [1.807, 2.05) is 0 Å². The van der Waals surface area contributed by atoms with Crippen molar-refractivity contribution < 1.29 is 22.5 Å². The first-order valence-electron chi connectivity index (χ1n) is 4.05. The molecule has 0 radical (unpaired) electrons. The molecule has 7 heteroatoms. The second kappa shape index (κ2) is 5.45. The Morgan fingerprint density at radius 3 is 2.29 bits per heavy atom. The van der Waals surface area contributed by atoms with E-state index in [1.54, 1.807) is 6.92 Å². The summed E-state index contributed by atoms with van der Waals surface area (Å²) in [5.74, 6) is -1.48. The number of sulfone groups is 1. The van der Waals surface area contributed by atoms with Crippen LogP contribution in [0.1, 0.15) is 13.3 Å². The van der Waals surface area contributed by atoms with E-state index < -0.39 is 31.9 Å². The fraction of sp³-hybridized carbons (Fsp3) is 0.857. The van der Waals surface area contributed by atoms with Crippen molar-refractivity contribution in [1.29, 1.82) is 0 Å². The molecule has 0 rings (SSSR count). The minimum atomic E-state index is -3.17. The summed E-state index contributed by atoms with van der Waals surface area (Å²) >= 11 is 0. The molecule has 0 aromatic heterocycles. The van der Waals surface area contributed by atoms with Gasteiger partial charge < -0.3 is 5.11 Å². The van der Waals surface area contributed by atoms with Gasteiger partial charge >= 0.3 is 5.97 Å². The van der Waals surface area contributed by atoms with Crippen molar-refractivity contribution in [3.05, 3.63) is 0 Å². The minimum absolute atomic E-state index is 0.107. The molecule has 0 aromatic carbocycles. The van der Waals surface area contributed by atoms with Crippen molar-refractivity contribution in [2.24, 2.45) is 0 Å². The predicted octanol–water partition coefficient (Wildman–Crippen LogP) is -0.357. The summed E-state index contributed by atoms with van der Waals surface area (Å²) in [5, 5.41) is 7.67. The average Bonchev–Trinajstić information content (AvgIpc) is 2.00. The smallest absolute Gasteiger partial charge is 0.319 e. The second-order valence-corrected chi connectivity index (χ2v) is 6.95. The van der Waals surface area contributed by atoms with Gasteiger partial charge in [0.25, 0.3) is 0 Å². The molecule has 2 unspecified atom stereocenters. The van der Waals surface area contributed by atoms with Crippen LogP contribution in [-0.4, -0.2) is 46.7 Å². The molecule has 0 heterocycles. The standard InChI is InChI=1S/C7H14O5S2/c1-3-6(7(8)9)13(10)4-5-14(2,11)12/h6H,3-5H2,1-2H3,(H,8,9). The van der Waals surface area contributed by atoms with E-state index in [0.29, 0.717) is 0 Å². The normalized spacial score (nSPS) is 16.1. The van der Waals surface area contributed by atoms with Gasteiger partial charge in [0.1, 0.15) is 15.1 Å². The Labute approximate surface area is 85.9 Å².